The summed E-state index contributed by atoms with van der Waals surface area (Å²) in [4.78, 5) is 38.6. The minimum Gasteiger partial charge on any atom is -0.273 e. The van der Waals surface area contributed by atoms with Crippen molar-refractivity contribution in [3.8, 4) is 0 Å². The molecule has 1 fully saturated rings. The molecule has 0 unspecified atom stereocenters. The summed E-state index contributed by atoms with van der Waals surface area (Å²) in [5.74, 6) is -1.32. The average Bonchev–Trinajstić information content (AvgIpc) is 2.88. The number of amides is 4. The van der Waals surface area contributed by atoms with Crippen LogP contribution in [-0.4, -0.2) is 17.8 Å². The Morgan fingerprint density at radius 2 is 2.00 bits per heavy atom. The Morgan fingerprint density at radius 1 is 1.22 bits per heavy atom. The lowest BCUT2D eigenvalue weighted by Crippen LogP contribution is -2.54. The van der Waals surface area contributed by atoms with Gasteiger partial charge in [0.15, 0.2) is 0 Å². The molecule has 1 aromatic carbocycles. The van der Waals surface area contributed by atoms with Gasteiger partial charge in [-0.25, -0.2) is 9.69 Å². The zero-order valence-corrected chi connectivity index (χ0v) is 14.4. The first-order chi connectivity index (χ1) is 11.0. The summed E-state index contributed by atoms with van der Waals surface area (Å²) in [5, 5.41) is 4.09. The minimum atomic E-state index is -0.752. The van der Waals surface area contributed by atoms with Gasteiger partial charge in [0.1, 0.15) is 5.57 Å². The first-order valence-corrected chi connectivity index (χ1v) is 8.36. The number of benzene rings is 1. The molecule has 5 nitrogen and oxygen atoms in total. The van der Waals surface area contributed by atoms with Crippen LogP contribution in [0.4, 0.5) is 10.5 Å². The number of carbonyl (C=O) groups is 3. The molecule has 0 bridgehead atoms. The van der Waals surface area contributed by atoms with E-state index in [0.717, 1.165) is 19.8 Å². The molecular formula is C16H11BrN2O3S. The van der Waals surface area contributed by atoms with E-state index in [2.05, 4.69) is 21.2 Å². The van der Waals surface area contributed by atoms with Crippen molar-refractivity contribution < 1.29 is 14.4 Å². The molecule has 1 aliphatic heterocycles. The molecule has 1 aliphatic rings. The maximum absolute atomic E-state index is 12.7. The molecule has 0 saturated carbocycles. The summed E-state index contributed by atoms with van der Waals surface area (Å²) in [7, 11) is 0. The number of hydrogen-bond donors (Lipinski definition) is 1. The van der Waals surface area contributed by atoms with Crippen LogP contribution in [0.2, 0.25) is 0 Å². The minimum absolute atomic E-state index is 0.0601. The molecule has 3 rings (SSSR count). The van der Waals surface area contributed by atoms with Crippen molar-refractivity contribution in [1.29, 1.82) is 0 Å². The number of aryl methyl sites for hydroxylation is 1. The van der Waals surface area contributed by atoms with E-state index in [1.165, 1.54) is 17.4 Å². The Hall–Kier alpha value is -2.25. The number of nitrogens with zero attached hydrogens (tertiary/aromatic N) is 1. The summed E-state index contributed by atoms with van der Waals surface area (Å²) < 4.78 is 0.729. The molecule has 0 radical (unpaired) electrons. The second-order valence-corrected chi connectivity index (χ2v) is 6.77. The van der Waals surface area contributed by atoms with Crippen molar-refractivity contribution in [2.24, 2.45) is 0 Å². The van der Waals surface area contributed by atoms with Gasteiger partial charge in [-0.3, -0.25) is 14.9 Å². The standard InChI is InChI=1S/C16H11BrN2O3S/c1-9-5-6-23-13(9)8-12-14(20)18-16(22)19(15(12)21)11-4-2-3-10(17)7-11/h2-8H,1H3,(H,18,20,22)/b12-8-. The predicted octanol–water partition coefficient (Wildman–Crippen LogP) is 3.49. The van der Waals surface area contributed by atoms with Crippen LogP contribution in [-0.2, 0) is 9.59 Å². The third kappa shape index (κ3) is 2.97. The van der Waals surface area contributed by atoms with Crippen molar-refractivity contribution in [2.45, 2.75) is 6.92 Å². The van der Waals surface area contributed by atoms with Crippen molar-refractivity contribution in [3.05, 3.63) is 56.2 Å². The molecule has 4 amide bonds. The Bertz CT molecular complexity index is 857. The number of halogens is 1. The van der Waals surface area contributed by atoms with E-state index in [1.54, 1.807) is 24.3 Å². The van der Waals surface area contributed by atoms with E-state index >= 15 is 0 Å². The fourth-order valence-corrected chi connectivity index (χ4v) is 3.42. The molecule has 1 N–H and O–H groups in total. The summed E-state index contributed by atoms with van der Waals surface area (Å²) in [6.07, 6.45) is 1.52. The van der Waals surface area contributed by atoms with Crippen LogP contribution in [0.5, 0.6) is 0 Å². The molecule has 116 valence electrons. The zero-order valence-electron chi connectivity index (χ0n) is 12.0. The number of barbiturate groups is 1. The van der Waals surface area contributed by atoms with Crippen LogP contribution in [0.15, 0.2) is 45.8 Å². The summed E-state index contributed by atoms with van der Waals surface area (Å²) in [6, 6.07) is 7.92. The average molecular weight is 391 g/mol. The van der Waals surface area contributed by atoms with Gasteiger partial charge in [-0.1, -0.05) is 22.0 Å². The number of nitrogens with one attached hydrogen (secondary N) is 1. The zero-order chi connectivity index (χ0) is 16.6. The number of imide groups is 2. The highest BCUT2D eigenvalue weighted by Crippen LogP contribution is 2.26. The summed E-state index contributed by atoms with van der Waals surface area (Å²) in [5.41, 5.74) is 1.30. The van der Waals surface area contributed by atoms with E-state index in [0.29, 0.717) is 5.69 Å². The lowest BCUT2D eigenvalue weighted by molar-refractivity contribution is -0.122. The van der Waals surface area contributed by atoms with Crippen LogP contribution >= 0.6 is 27.3 Å². The Balaban J connectivity index is 2.04. The number of hydrogen-bond acceptors (Lipinski definition) is 4. The molecule has 7 heteroatoms. The molecule has 0 spiro atoms. The van der Waals surface area contributed by atoms with E-state index in [1.807, 2.05) is 18.4 Å². The highest BCUT2D eigenvalue weighted by atomic mass is 79.9. The first-order valence-electron chi connectivity index (χ1n) is 6.68. The molecule has 23 heavy (non-hydrogen) atoms. The second kappa shape index (κ2) is 6.10. The Morgan fingerprint density at radius 3 is 2.65 bits per heavy atom. The number of anilines is 1. The van der Waals surface area contributed by atoms with E-state index in [4.69, 9.17) is 0 Å². The third-order valence-electron chi connectivity index (χ3n) is 3.35. The van der Waals surface area contributed by atoms with Crippen molar-refractivity contribution in [1.82, 2.24) is 5.32 Å². The Labute approximate surface area is 144 Å². The fraction of sp³-hybridized carbons (Fsp3) is 0.0625. The van der Waals surface area contributed by atoms with Crippen LogP contribution < -0.4 is 10.2 Å². The number of urea groups is 1. The number of rotatable bonds is 2. The maximum atomic E-state index is 12.7. The first kappa shape index (κ1) is 15.6. The maximum Gasteiger partial charge on any atom is 0.335 e. The van der Waals surface area contributed by atoms with Crippen LogP contribution in [0, 0.1) is 6.92 Å². The normalized spacial score (nSPS) is 16.9. The second-order valence-electron chi connectivity index (χ2n) is 4.91. The van der Waals surface area contributed by atoms with Gasteiger partial charge < -0.3 is 0 Å². The fourth-order valence-electron chi connectivity index (χ4n) is 2.17. The predicted molar refractivity (Wildman–Crippen MR) is 92.2 cm³/mol. The largest absolute Gasteiger partial charge is 0.335 e. The van der Waals surface area contributed by atoms with Crippen LogP contribution in [0.1, 0.15) is 10.4 Å². The topological polar surface area (TPSA) is 66.5 Å². The smallest absolute Gasteiger partial charge is 0.273 e. The van der Waals surface area contributed by atoms with Crippen molar-refractivity contribution in [3.63, 3.8) is 0 Å². The van der Waals surface area contributed by atoms with E-state index in [-0.39, 0.29) is 5.57 Å². The lowest BCUT2D eigenvalue weighted by atomic mass is 10.1. The third-order valence-corrected chi connectivity index (χ3v) is 4.80. The lowest BCUT2D eigenvalue weighted by Gasteiger charge is -2.26. The van der Waals surface area contributed by atoms with Gasteiger partial charge >= 0.3 is 6.03 Å². The number of carbonyl (C=O) groups excluding carboxylic acids is 3. The van der Waals surface area contributed by atoms with Gasteiger partial charge in [-0.15, -0.1) is 11.3 Å². The van der Waals surface area contributed by atoms with Crippen molar-refractivity contribution >= 4 is 56.9 Å². The Kier molecular flexibility index (Phi) is 4.14. The van der Waals surface area contributed by atoms with Crippen LogP contribution in [0.3, 0.4) is 0 Å². The van der Waals surface area contributed by atoms with Gasteiger partial charge in [0, 0.05) is 9.35 Å². The van der Waals surface area contributed by atoms with Crippen LogP contribution in [0.25, 0.3) is 6.08 Å². The highest BCUT2D eigenvalue weighted by molar-refractivity contribution is 9.10. The van der Waals surface area contributed by atoms with Crippen molar-refractivity contribution in [2.75, 3.05) is 4.90 Å². The van der Waals surface area contributed by atoms with E-state index in [9.17, 15) is 14.4 Å². The molecule has 0 atom stereocenters. The summed E-state index contributed by atoms with van der Waals surface area (Å²) in [6.45, 7) is 1.89. The monoisotopic (exact) mass is 390 g/mol. The van der Waals surface area contributed by atoms with Gasteiger partial charge in [0.25, 0.3) is 11.8 Å². The SMILES string of the molecule is Cc1ccsc1/C=C1/C(=O)NC(=O)N(c2cccc(Br)c2)C1=O. The molecule has 2 heterocycles. The number of thiophene rings is 1. The van der Waals surface area contributed by atoms with Gasteiger partial charge in [0.05, 0.1) is 5.69 Å². The molecule has 2 aromatic rings. The van der Waals surface area contributed by atoms with Gasteiger partial charge in [-0.05, 0) is 48.2 Å². The molecular weight excluding hydrogens is 380 g/mol. The highest BCUT2D eigenvalue weighted by Gasteiger charge is 2.36. The van der Waals surface area contributed by atoms with E-state index < -0.39 is 17.8 Å². The summed E-state index contributed by atoms with van der Waals surface area (Å²) >= 11 is 4.73. The molecule has 1 saturated heterocycles. The van der Waals surface area contributed by atoms with Gasteiger partial charge in [0.2, 0.25) is 0 Å². The molecule has 1 aromatic heterocycles. The molecule has 0 aliphatic carbocycles. The van der Waals surface area contributed by atoms with Gasteiger partial charge in [-0.2, -0.15) is 0 Å². The quantitative estimate of drug-likeness (QED) is 0.630.